The molecule has 0 radical (unpaired) electrons. The fourth-order valence-corrected chi connectivity index (χ4v) is 4.09. The Kier molecular flexibility index (Phi) is 7.21. The first-order valence-corrected chi connectivity index (χ1v) is 8.22. The summed E-state index contributed by atoms with van der Waals surface area (Å²) in [5, 5.41) is 1.59. The molecule has 0 spiro atoms. The lowest BCUT2D eigenvalue weighted by atomic mass is 9.88. The van der Waals surface area contributed by atoms with Crippen molar-refractivity contribution in [3.05, 3.63) is 0 Å². The fraction of sp³-hybridized carbons (Fsp3) is 1.00. The van der Waals surface area contributed by atoms with Gasteiger partial charge in [0, 0.05) is 10.5 Å². The first kappa shape index (κ1) is 17.4. The SMILES string of the molecule is CCCC(SC(CCC)C(C)(C)C)C(C)(C)C. The van der Waals surface area contributed by atoms with Gasteiger partial charge in [-0.25, -0.2) is 0 Å². The van der Waals surface area contributed by atoms with E-state index < -0.39 is 0 Å². The standard InChI is InChI=1S/C16H34S/c1-9-11-13(15(3,4)5)17-14(12-10-2)16(6,7)8/h13-14H,9-12H2,1-8H3. The molecule has 0 fully saturated rings. The first-order chi connectivity index (χ1) is 7.62. The van der Waals surface area contributed by atoms with E-state index in [0.717, 1.165) is 10.5 Å². The Morgan fingerprint density at radius 1 is 0.706 bits per heavy atom. The molecule has 0 nitrogen and oxygen atoms in total. The Bertz CT molecular complexity index is 173. The second kappa shape index (κ2) is 7.07. The molecule has 0 saturated carbocycles. The Morgan fingerprint density at radius 2 is 1.00 bits per heavy atom. The van der Waals surface area contributed by atoms with E-state index in [-0.39, 0.29) is 0 Å². The highest BCUT2D eigenvalue weighted by atomic mass is 32.2. The molecule has 0 bridgehead atoms. The van der Waals surface area contributed by atoms with Gasteiger partial charge in [0.1, 0.15) is 0 Å². The molecular formula is C16H34S. The van der Waals surface area contributed by atoms with Crippen molar-refractivity contribution in [2.75, 3.05) is 0 Å². The normalized spacial score (nSPS) is 16.9. The molecule has 0 heterocycles. The van der Waals surface area contributed by atoms with Gasteiger partial charge in [-0.3, -0.25) is 0 Å². The van der Waals surface area contributed by atoms with E-state index in [4.69, 9.17) is 0 Å². The van der Waals surface area contributed by atoms with E-state index in [9.17, 15) is 0 Å². The third kappa shape index (κ3) is 6.74. The van der Waals surface area contributed by atoms with Crippen LogP contribution in [0.15, 0.2) is 0 Å². The van der Waals surface area contributed by atoms with E-state index in [2.05, 4.69) is 67.2 Å². The van der Waals surface area contributed by atoms with E-state index in [0.29, 0.717) is 10.8 Å². The van der Waals surface area contributed by atoms with Gasteiger partial charge in [0.05, 0.1) is 0 Å². The van der Waals surface area contributed by atoms with E-state index in [1.165, 1.54) is 25.7 Å². The highest BCUT2D eigenvalue weighted by Crippen LogP contribution is 2.43. The summed E-state index contributed by atoms with van der Waals surface area (Å²) in [4.78, 5) is 0. The molecule has 0 aromatic carbocycles. The lowest BCUT2D eigenvalue weighted by Crippen LogP contribution is -2.31. The number of thioether (sulfide) groups is 1. The smallest absolute Gasteiger partial charge is 0.00984 e. The molecule has 104 valence electrons. The second-order valence-corrected chi connectivity index (χ2v) is 8.83. The molecule has 0 aromatic heterocycles. The van der Waals surface area contributed by atoms with Crippen LogP contribution in [-0.2, 0) is 0 Å². The van der Waals surface area contributed by atoms with Crippen LogP contribution < -0.4 is 0 Å². The molecule has 2 unspecified atom stereocenters. The molecule has 0 aromatic rings. The van der Waals surface area contributed by atoms with Gasteiger partial charge in [0.2, 0.25) is 0 Å². The number of hydrogen-bond acceptors (Lipinski definition) is 1. The van der Waals surface area contributed by atoms with Crippen molar-refractivity contribution < 1.29 is 0 Å². The van der Waals surface area contributed by atoms with Crippen LogP contribution in [0.25, 0.3) is 0 Å². The van der Waals surface area contributed by atoms with Crippen LogP contribution in [0, 0.1) is 10.8 Å². The summed E-state index contributed by atoms with van der Waals surface area (Å²) in [5.74, 6) is 0. The van der Waals surface area contributed by atoms with Gasteiger partial charge < -0.3 is 0 Å². The van der Waals surface area contributed by atoms with Crippen molar-refractivity contribution in [2.24, 2.45) is 10.8 Å². The summed E-state index contributed by atoms with van der Waals surface area (Å²) in [6, 6.07) is 0. The molecule has 17 heavy (non-hydrogen) atoms. The van der Waals surface area contributed by atoms with Crippen LogP contribution in [0.5, 0.6) is 0 Å². The van der Waals surface area contributed by atoms with Gasteiger partial charge in [-0.2, -0.15) is 11.8 Å². The summed E-state index contributed by atoms with van der Waals surface area (Å²) >= 11 is 2.25. The maximum Gasteiger partial charge on any atom is 0.00984 e. The molecule has 2 atom stereocenters. The highest BCUT2D eigenvalue weighted by molar-refractivity contribution is 8.00. The molecule has 0 rings (SSSR count). The molecule has 1 heteroatoms. The minimum absolute atomic E-state index is 0.428. The Morgan fingerprint density at radius 3 is 1.18 bits per heavy atom. The van der Waals surface area contributed by atoms with E-state index in [1.54, 1.807) is 0 Å². The Labute approximate surface area is 114 Å². The van der Waals surface area contributed by atoms with Gasteiger partial charge in [-0.1, -0.05) is 68.2 Å². The Balaban J connectivity index is 4.68. The third-order valence-corrected chi connectivity index (χ3v) is 5.90. The molecule has 0 aliphatic heterocycles. The largest absolute Gasteiger partial charge is 0.154 e. The maximum atomic E-state index is 2.39. The zero-order valence-electron chi connectivity index (χ0n) is 13.4. The summed E-state index contributed by atoms with van der Waals surface area (Å²) in [7, 11) is 0. The van der Waals surface area contributed by atoms with Crippen LogP contribution in [0.4, 0.5) is 0 Å². The first-order valence-electron chi connectivity index (χ1n) is 7.28. The van der Waals surface area contributed by atoms with E-state index in [1.807, 2.05) is 0 Å². The predicted octanol–water partition coefficient (Wildman–Crippen LogP) is 6.15. The summed E-state index contributed by atoms with van der Waals surface area (Å²) in [6.07, 6.45) is 5.31. The monoisotopic (exact) mass is 258 g/mol. The van der Waals surface area contributed by atoms with Crippen molar-refractivity contribution in [3.63, 3.8) is 0 Å². The molecule has 0 aliphatic rings. The second-order valence-electron chi connectivity index (χ2n) is 7.42. The summed E-state index contributed by atoms with van der Waals surface area (Å²) in [5.41, 5.74) is 0.857. The van der Waals surface area contributed by atoms with Gasteiger partial charge in [0.25, 0.3) is 0 Å². The fourth-order valence-electron chi connectivity index (χ4n) is 2.13. The van der Waals surface area contributed by atoms with Crippen LogP contribution >= 0.6 is 11.8 Å². The van der Waals surface area contributed by atoms with Crippen molar-refractivity contribution >= 4 is 11.8 Å². The zero-order chi connectivity index (χ0) is 13.7. The van der Waals surface area contributed by atoms with Crippen LogP contribution in [0.3, 0.4) is 0 Å². The van der Waals surface area contributed by atoms with Gasteiger partial charge in [0.15, 0.2) is 0 Å². The number of hydrogen-bond donors (Lipinski definition) is 0. The molecule has 0 aliphatic carbocycles. The average molecular weight is 259 g/mol. The zero-order valence-corrected chi connectivity index (χ0v) is 14.2. The lowest BCUT2D eigenvalue weighted by molar-refractivity contribution is 0.354. The minimum Gasteiger partial charge on any atom is -0.154 e. The molecule has 0 saturated heterocycles. The minimum atomic E-state index is 0.428. The molecular weight excluding hydrogens is 224 g/mol. The topological polar surface area (TPSA) is 0 Å². The Hall–Kier alpha value is 0.350. The van der Waals surface area contributed by atoms with Crippen LogP contribution in [0.2, 0.25) is 0 Å². The predicted molar refractivity (Wildman–Crippen MR) is 83.9 cm³/mol. The van der Waals surface area contributed by atoms with Crippen LogP contribution in [-0.4, -0.2) is 10.5 Å². The third-order valence-electron chi connectivity index (χ3n) is 3.36. The number of rotatable bonds is 6. The van der Waals surface area contributed by atoms with Gasteiger partial charge in [-0.15, -0.1) is 0 Å². The van der Waals surface area contributed by atoms with E-state index >= 15 is 0 Å². The van der Waals surface area contributed by atoms with Gasteiger partial charge >= 0.3 is 0 Å². The van der Waals surface area contributed by atoms with Crippen molar-refractivity contribution in [1.82, 2.24) is 0 Å². The lowest BCUT2D eigenvalue weighted by Gasteiger charge is -2.38. The van der Waals surface area contributed by atoms with Crippen molar-refractivity contribution in [2.45, 2.75) is 91.6 Å². The summed E-state index contributed by atoms with van der Waals surface area (Å²) in [6.45, 7) is 19.0. The highest BCUT2D eigenvalue weighted by Gasteiger charge is 2.32. The maximum absolute atomic E-state index is 2.39. The quantitative estimate of drug-likeness (QED) is 0.550. The van der Waals surface area contributed by atoms with Crippen molar-refractivity contribution in [3.8, 4) is 0 Å². The summed E-state index contributed by atoms with van der Waals surface area (Å²) < 4.78 is 0. The average Bonchev–Trinajstić information content (AvgIpc) is 2.12. The van der Waals surface area contributed by atoms with Crippen LogP contribution in [0.1, 0.15) is 81.1 Å². The van der Waals surface area contributed by atoms with Gasteiger partial charge in [-0.05, 0) is 23.7 Å². The van der Waals surface area contributed by atoms with Crippen molar-refractivity contribution in [1.29, 1.82) is 0 Å². The molecule has 0 N–H and O–H groups in total. The molecule has 0 amide bonds.